The third-order valence-electron chi connectivity index (χ3n) is 6.79. The molecule has 2 heteroatoms. The molecule has 0 aliphatic carbocycles. The maximum absolute atomic E-state index is 11.1. The molecule has 0 aromatic rings. The molecule has 1 amide bonds. The lowest BCUT2D eigenvalue weighted by Crippen LogP contribution is -2.16. The summed E-state index contributed by atoms with van der Waals surface area (Å²) in [5.41, 5.74) is 0. The molecule has 0 fully saturated rings. The van der Waals surface area contributed by atoms with Crippen molar-refractivity contribution in [3.63, 3.8) is 0 Å². The van der Waals surface area contributed by atoms with Gasteiger partial charge in [-0.05, 0) is 6.42 Å². The quantitative estimate of drug-likeness (QED) is 0.134. The lowest BCUT2D eigenvalue weighted by molar-refractivity contribution is -0.120. The molecular formula is C29H59NO. The summed E-state index contributed by atoms with van der Waals surface area (Å²) in [6.45, 7) is 2.30. The topological polar surface area (TPSA) is 29.1 Å². The van der Waals surface area contributed by atoms with Gasteiger partial charge in [0, 0.05) is 13.5 Å². The van der Waals surface area contributed by atoms with E-state index in [1.54, 1.807) is 7.05 Å². The molecule has 0 atom stereocenters. The zero-order chi connectivity index (χ0) is 22.7. The molecule has 0 spiro atoms. The van der Waals surface area contributed by atoms with Crippen LogP contribution in [0, 0.1) is 0 Å². The van der Waals surface area contributed by atoms with Crippen LogP contribution in [-0.2, 0) is 4.79 Å². The number of carbonyl (C=O) groups is 1. The first-order valence-corrected chi connectivity index (χ1v) is 14.5. The number of hydrogen-bond donors (Lipinski definition) is 1. The van der Waals surface area contributed by atoms with Crippen molar-refractivity contribution in [1.29, 1.82) is 0 Å². The first kappa shape index (κ1) is 30.5. The summed E-state index contributed by atoms with van der Waals surface area (Å²) in [5, 5.41) is 2.69. The molecule has 0 bridgehead atoms. The van der Waals surface area contributed by atoms with E-state index in [2.05, 4.69) is 12.2 Å². The average molecular weight is 438 g/mol. The van der Waals surface area contributed by atoms with Crippen molar-refractivity contribution in [2.45, 2.75) is 174 Å². The first-order valence-electron chi connectivity index (χ1n) is 14.5. The molecule has 0 aromatic heterocycles. The zero-order valence-electron chi connectivity index (χ0n) is 21.8. The molecule has 0 unspecified atom stereocenters. The first-order chi connectivity index (χ1) is 15.3. The summed E-state index contributed by atoms with van der Waals surface area (Å²) in [4.78, 5) is 11.1. The van der Waals surface area contributed by atoms with Gasteiger partial charge in [-0.1, -0.05) is 161 Å². The number of unbranched alkanes of at least 4 members (excludes halogenated alkanes) is 24. The number of rotatable bonds is 26. The van der Waals surface area contributed by atoms with Crippen molar-refractivity contribution in [2.75, 3.05) is 7.05 Å². The molecule has 0 saturated carbocycles. The van der Waals surface area contributed by atoms with E-state index >= 15 is 0 Å². The van der Waals surface area contributed by atoms with Crippen LogP contribution in [0.3, 0.4) is 0 Å². The largest absolute Gasteiger partial charge is 0.359 e. The van der Waals surface area contributed by atoms with E-state index in [0.717, 1.165) is 6.42 Å². The summed E-state index contributed by atoms with van der Waals surface area (Å²) in [5.74, 6) is 0.189. The van der Waals surface area contributed by atoms with Crippen LogP contribution in [0.1, 0.15) is 174 Å². The maximum Gasteiger partial charge on any atom is 0.219 e. The second kappa shape index (κ2) is 27.5. The van der Waals surface area contributed by atoms with Crippen LogP contribution in [0.2, 0.25) is 0 Å². The molecule has 1 N–H and O–H groups in total. The summed E-state index contributed by atoms with van der Waals surface area (Å²) in [6.07, 6.45) is 36.1. The Morgan fingerprint density at radius 1 is 0.419 bits per heavy atom. The number of nitrogens with one attached hydrogen (secondary N) is 1. The molecule has 0 aliphatic rings. The predicted molar refractivity (Wildman–Crippen MR) is 140 cm³/mol. The molecule has 0 rings (SSSR count). The summed E-state index contributed by atoms with van der Waals surface area (Å²) in [7, 11) is 1.72. The molecule has 0 aromatic carbocycles. The van der Waals surface area contributed by atoms with Gasteiger partial charge < -0.3 is 5.32 Å². The van der Waals surface area contributed by atoms with Crippen LogP contribution in [0.4, 0.5) is 0 Å². The Morgan fingerprint density at radius 3 is 0.871 bits per heavy atom. The van der Waals surface area contributed by atoms with Crippen molar-refractivity contribution in [2.24, 2.45) is 0 Å². The smallest absolute Gasteiger partial charge is 0.219 e. The van der Waals surface area contributed by atoms with Gasteiger partial charge in [0.2, 0.25) is 5.91 Å². The van der Waals surface area contributed by atoms with Gasteiger partial charge in [0.15, 0.2) is 0 Å². The normalized spacial score (nSPS) is 11.2. The Morgan fingerprint density at radius 2 is 0.645 bits per heavy atom. The minimum absolute atomic E-state index is 0.189. The van der Waals surface area contributed by atoms with Crippen LogP contribution in [0.5, 0.6) is 0 Å². The second-order valence-electron chi connectivity index (χ2n) is 9.91. The number of amides is 1. The highest BCUT2D eigenvalue weighted by Gasteiger charge is 1.98. The Labute approximate surface area is 197 Å². The fourth-order valence-electron chi connectivity index (χ4n) is 4.55. The fraction of sp³-hybridized carbons (Fsp3) is 0.966. The molecule has 0 aliphatic heterocycles. The van der Waals surface area contributed by atoms with Gasteiger partial charge in [0.1, 0.15) is 0 Å². The van der Waals surface area contributed by atoms with Crippen molar-refractivity contribution in [1.82, 2.24) is 5.32 Å². The number of carbonyl (C=O) groups excluding carboxylic acids is 1. The predicted octanol–water partition coefficient (Wildman–Crippen LogP) is 9.89. The summed E-state index contributed by atoms with van der Waals surface area (Å²) in [6, 6.07) is 0. The monoisotopic (exact) mass is 437 g/mol. The molecule has 0 radical (unpaired) electrons. The Hall–Kier alpha value is -0.530. The Kier molecular flexibility index (Phi) is 27.0. The lowest BCUT2D eigenvalue weighted by atomic mass is 10.0. The van der Waals surface area contributed by atoms with E-state index in [-0.39, 0.29) is 5.91 Å². The molecule has 186 valence electrons. The van der Waals surface area contributed by atoms with Gasteiger partial charge in [-0.2, -0.15) is 0 Å². The van der Waals surface area contributed by atoms with E-state index in [1.807, 2.05) is 0 Å². The molecular weight excluding hydrogens is 378 g/mol. The third-order valence-corrected chi connectivity index (χ3v) is 6.79. The zero-order valence-corrected chi connectivity index (χ0v) is 21.8. The van der Waals surface area contributed by atoms with Crippen LogP contribution in [0.15, 0.2) is 0 Å². The highest BCUT2D eigenvalue weighted by molar-refractivity contribution is 5.75. The van der Waals surface area contributed by atoms with Gasteiger partial charge in [-0.3, -0.25) is 4.79 Å². The SMILES string of the molecule is CCCCCCCCCCCCCCCCCCCCCCCCCCCC(=O)NC. The highest BCUT2D eigenvalue weighted by atomic mass is 16.1. The Bertz CT molecular complexity index is 342. The van der Waals surface area contributed by atoms with Gasteiger partial charge >= 0.3 is 0 Å². The average Bonchev–Trinajstić information content (AvgIpc) is 2.78. The fourth-order valence-corrected chi connectivity index (χ4v) is 4.55. The minimum atomic E-state index is 0.189. The lowest BCUT2D eigenvalue weighted by Gasteiger charge is -2.04. The minimum Gasteiger partial charge on any atom is -0.359 e. The Balaban J connectivity index is 3.01. The summed E-state index contributed by atoms with van der Waals surface area (Å²) < 4.78 is 0. The van der Waals surface area contributed by atoms with Gasteiger partial charge in [0.05, 0.1) is 0 Å². The highest BCUT2D eigenvalue weighted by Crippen LogP contribution is 2.15. The van der Waals surface area contributed by atoms with Crippen molar-refractivity contribution in [3.8, 4) is 0 Å². The van der Waals surface area contributed by atoms with Gasteiger partial charge in [0.25, 0.3) is 0 Å². The van der Waals surface area contributed by atoms with Gasteiger partial charge in [-0.25, -0.2) is 0 Å². The standard InChI is InChI=1S/C29H59NO/c1-3-4-5-6-7-8-9-10-11-12-13-14-15-16-17-18-19-20-21-22-23-24-25-26-27-28-29(31)30-2/h3-28H2,1-2H3,(H,30,31). The summed E-state index contributed by atoms with van der Waals surface area (Å²) >= 11 is 0. The maximum atomic E-state index is 11.1. The molecule has 0 heterocycles. The number of hydrogen-bond acceptors (Lipinski definition) is 1. The molecule has 31 heavy (non-hydrogen) atoms. The van der Waals surface area contributed by atoms with Crippen molar-refractivity contribution in [3.05, 3.63) is 0 Å². The van der Waals surface area contributed by atoms with Crippen LogP contribution in [-0.4, -0.2) is 13.0 Å². The van der Waals surface area contributed by atoms with Crippen molar-refractivity contribution < 1.29 is 4.79 Å². The van der Waals surface area contributed by atoms with Crippen LogP contribution < -0.4 is 5.32 Å². The van der Waals surface area contributed by atoms with E-state index in [9.17, 15) is 4.79 Å². The molecule has 2 nitrogen and oxygen atoms in total. The van der Waals surface area contributed by atoms with E-state index in [4.69, 9.17) is 0 Å². The van der Waals surface area contributed by atoms with E-state index < -0.39 is 0 Å². The molecule has 0 saturated heterocycles. The van der Waals surface area contributed by atoms with Gasteiger partial charge in [-0.15, -0.1) is 0 Å². The van der Waals surface area contributed by atoms with E-state index in [0.29, 0.717) is 6.42 Å². The third kappa shape index (κ3) is 27.4. The van der Waals surface area contributed by atoms with Crippen LogP contribution in [0.25, 0.3) is 0 Å². The van der Waals surface area contributed by atoms with E-state index in [1.165, 1.54) is 154 Å². The van der Waals surface area contributed by atoms with Crippen LogP contribution >= 0.6 is 0 Å². The van der Waals surface area contributed by atoms with Crippen molar-refractivity contribution >= 4 is 5.91 Å². The second-order valence-corrected chi connectivity index (χ2v) is 9.91.